The van der Waals surface area contributed by atoms with Crippen LogP contribution in [0.25, 0.3) is 0 Å². The van der Waals surface area contributed by atoms with Crippen molar-refractivity contribution >= 4 is 6.03 Å². The first-order valence-electron chi connectivity index (χ1n) is 12.4. The molecule has 4 nitrogen and oxygen atoms in total. The fourth-order valence-corrected chi connectivity index (χ4v) is 6.31. The van der Waals surface area contributed by atoms with Crippen molar-refractivity contribution in [1.29, 1.82) is 0 Å². The van der Waals surface area contributed by atoms with Crippen LogP contribution in [0.2, 0.25) is 0 Å². The van der Waals surface area contributed by atoms with Crippen molar-refractivity contribution in [1.82, 2.24) is 14.7 Å². The summed E-state index contributed by atoms with van der Waals surface area (Å²) < 4.78 is 0. The molecule has 2 amide bonds. The molecule has 1 aliphatic heterocycles. The summed E-state index contributed by atoms with van der Waals surface area (Å²) in [7, 11) is 4.44. The standard InChI is InChI=1S/C28H37N3O/c1-29(2)28(25-14-7-4-8-15-25)18-16-27(17-19-28)22-30(20-23-10-5-3-6-11-23)26(32)31(27)21-24-12-9-13-24/h3-8,10-11,14-15,24H,9,12-13,16-22H2,1-2H3. The maximum atomic E-state index is 13.7. The van der Waals surface area contributed by atoms with Gasteiger partial charge >= 0.3 is 6.03 Å². The Morgan fingerprint density at radius 3 is 2.09 bits per heavy atom. The molecule has 5 rings (SSSR count). The van der Waals surface area contributed by atoms with Crippen molar-refractivity contribution < 1.29 is 4.79 Å². The molecule has 0 N–H and O–H groups in total. The minimum Gasteiger partial charge on any atom is -0.318 e. The summed E-state index contributed by atoms with van der Waals surface area (Å²) in [5.41, 5.74) is 2.68. The second kappa shape index (κ2) is 8.55. The summed E-state index contributed by atoms with van der Waals surface area (Å²) in [4.78, 5) is 20.5. The van der Waals surface area contributed by atoms with Crippen LogP contribution in [0.5, 0.6) is 0 Å². The zero-order valence-corrected chi connectivity index (χ0v) is 19.7. The number of carbonyl (C=O) groups is 1. The molecule has 3 fully saturated rings. The molecule has 3 aliphatic rings. The number of benzene rings is 2. The molecule has 0 atom stereocenters. The van der Waals surface area contributed by atoms with Crippen LogP contribution in [-0.4, -0.2) is 53.5 Å². The number of hydrogen-bond acceptors (Lipinski definition) is 2. The molecule has 2 aromatic carbocycles. The molecular formula is C28H37N3O. The lowest BCUT2D eigenvalue weighted by molar-refractivity contribution is 0.0159. The van der Waals surface area contributed by atoms with E-state index in [0.717, 1.165) is 45.3 Å². The number of hydrogen-bond donors (Lipinski definition) is 0. The monoisotopic (exact) mass is 431 g/mol. The van der Waals surface area contributed by atoms with Crippen LogP contribution < -0.4 is 0 Å². The first kappa shape index (κ1) is 21.5. The zero-order valence-electron chi connectivity index (χ0n) is 19.7. The lowest BCUT2D eigenvalue weighted by Crippen LogP contribution is -2.56. The highest BCUT2D eigenvalue weighted by atomic mass is 16.2. The summed E-state index contributed by atoms with van der Waals surface area (Å²) in [6, 6.07) is 21.7. The summed E-state index contributed by atoms with van der Waals surface area (Å²) in [5.74, 6) is 0.696. The average molecular weight is 432 g/mol. The van der Waals surface area contributed by atoms with Gasteiger partial charge in [-0.25, -0.2) is 4.79 Å². The number of urea groups is 1. The van der Waals surface area contributed by atoms with E-state index in [1.165, 1.54) is 30.4 Å². The maximum Gasteiger partial charge on any atom is 0.320 e. The molecule has 1 saturated heterocycles. The molecule has 2 aromatic rings. The molecule has 1 heterocycles. The van der Waals surface area contributed by atoms with Gasteiger partial charge < -0.3 is 9.80 Å². The molecule has 0 unspecified atom stereocenters. The van der Waals surface area contributed by atoms with Crippen molar-refractivity contribution in [2.45, 2.75) is 62.6 Å². The van der Waals surface area contributed by atoms with Crippen molar-refractivity contribution in [3.8, 4) is 0 Å². The first-order chi connectivity index (χ1) is 15.5. The van der Waals surface area contributed by atoms with E-state index in [4.69, 9.17) is 0 Å². The predicted octanol–water partition coefficient (Wildman–Crippen LogP) is 5.49. The number of carbonyl (C=O) groups excluding carboxylic acids is 1. The van der Waals surface area contributed by atoms with Gasteiger partial charge in [-0.15, -0.1) is 0 Å². The van der Waals surface area contributed by atoms with Crippen molar-refractivity contribution in [3.63, 3.8) is 0 Å². The molecule has 2 saturated carbocycles. The fourth-order valence-electron chi connectivity index (χ4n) is 6.31. The van der Waals surface area contributed by atoms with E-state index in [9.17, 15) is 4.79 Å². The van der Waals surface area contributed by atoms with Crippen molar-refractivity contribution in [2.75, 3.05) is 27.2 Å². The first-order valence-corrected chi connectivity index (χ1v) is 12.4. The average Bonchev–Trinajstić information content (AvgIpc) is 3.03. The van der Waals surface area contributed by atoms with Crippen LogP contribution in [0.1, 0.15) is 56.1 Å². The van der Waals surface area contributed by atoms with Crippen LogP contribution in [0.4, 0.5) is 4.79 Å². The molecule has 2 aliphatic carbocycles. The minimum atomic E-state index is -0.0181. The number of rotatable bonds is 6. The Bertz CT molecular complexity index is 914. The zero-order chi connectivity index (χ0) is 22.2. The van der Waals surface area contributed by atoms with E-state index in [0.29, 0.717) is 5.92 Å². The Kier molecular flexibility index (Phi) is 5.75. The maximum absolute atomic E-state index is 13.7. The predicted molar refractivity (Wildman–Crippen MR) is 129 cm³/mol. The van der Waals surface area contributed by atoms with E-state index in [-0.39, 0.29) is 17.1 Å². The summed E-state index contributed by atoms with van der Waals surface area (Å²) in [5, 5.41) is 0. The summed E-state index contributed by atoms with van der Waals surface area (Å²) in [6.07, 6.45) is 8.22. The van der Waals surface area contributed by atoms with E-state index in [1.807, 2.05) is 6.07 Å². The van der Waals surface area contributed by atoms with Crippen LogP contribution in [0.15, 0.2) is 60.7 Å². The molecular weight excluding hydrogens is 394 g/mol. The van der Waals surface area contributed by atoms with Gasteiger partial charge in [0.15, 0.2) is 0 Å². The van der Waals surface area contributed by atoms with Gasteiger partial charge in [-0.2, -0.15) is 0 Å². The SMILES string of the molecule is CN(C)C1(c2ccccc2)CCC2(CC1)CN(Cc1ccccc1)C(=O)N2CC1CCC1. The molecule has 170 valence electrons. The highest BCUT2D eigenvalue weighted by Crippen LogP contribution is 2.49. The third-order valence-corrected chi connectivity index (χ3v) is 8.62. The quantitative estimate of drug-likeness (QED) is 0.604. The van der Waals surface area contributed by atoms with Crippen LogP contribution in [-0.2, 0) is 12.1 Å². The van der Waals surface area contributed by atoms with Gasteiger partial charge in [0, 0.05) is 25.2 Å². The topological polar surface area (TPSA) is 26.8 Å². The van der Waals surface area contributed by atoms with Gasteiger partial charge in [0.05, 0.1) is 5.54 Å². The Balaban J connectivity index is 1.40. The third-order valence-electron chi connectivity index (χ3n) is 8.62. The van der Waals surface area contributed by atoms with Crippen molar-refractivity contribution in [3.05, 3.63) is 71.8 Å². The Labute approximate surface area is 193 Å². The second-order valence-corrected chi connectivity index (χ2v) is 10.5. The molecule has 4 heteroatoms. The molecule has 0 bridgehead atoms. The molecule has 32 heavy (non-hydrogen) atoms. The normalized spacial score (nSPS) is 28.5. The Hall–Kier alpha value is -2.33. The van der Waals surface area contributed by atoms with E-state index in [2.05, 4.69) is 83.4 Å². The van der Waals surface area contributed by atoms with Gasteiger partial charge in [0.1, 0.15) is 0 Å². The van der Waals surface area contributed by atoms with E-state index < -0.39 is 0 Å². The van der Waals surface area contributed by atoms with Gasteiger partial charge in [-0.05, 0) is 69.7 Å². The Morgan fingerprint density at radius 1 is 0.906 bits per heavy atom. The lowest BCUT2D eigenvalue weighted by Gasteiger charge is -2.51. The molecule has 0 aromatic heterocycles. The van der Waals surface area contributed by atoms with E-state index in [1.54, 1.807) is 0 Å². The van der Waals surface area contributed by atoms with Crippen molar-refractivity contribution in [2.24, 2.45) is 5.92 Å². The van der Waals surface area contributed by atoms with Crippen LogP contribution in [0, 0.1) is 5.92 Å². The lowest BCUT2D eigenvalue weighted by atomic mass is 9.68. The fraction of sp³-hybridized carbons (Fsp3) is 0.536. The Morgan fingerprint density at radius 2 is 1.53 bits per heavy atom. The highest BCUT2D eigenvalue weighted by Gasteiger charge is 2.54. The number of amides is 2. The smallest absolute Gasteiger partial charge is 0.318 e. The van der Waals surface area contributed by atoms with Crippen LogP contribution >= 0.6 is 0 Å². The van der Waals surface area contributed by atoms with E-state index >= 15 is 0 Å². The van der Waals surface area contributed by atoms with Gasteiger partial charge in [0.25, 0.3) is 0 Å². The van der Waals surface area contributed by atoms with Gasteiger partial charge in [-0.1, -0.05) is 67.1 Å². The highest BCUT2D eigenvalue weighted by molar-refractivity contribution is 5.78. The summed E-state index contributed by atoms with van der Waals surface area (Å²) >= 11 is 0. The van der Waals surface area contributed by atoms with Gasteiger partial charge in [0.2, 0.25) is 0 Å². The minimum absolute atomic E-state index is 0.0181. The molecule has 1 spiro atoms. The second-order valence-electron chi connectivity index (χ2n) is 10.5. The number of nitrogens with zero attached hydrogens (tertiary/aromatic N) is 3. The third kappa shape index (κ3) is 3.73. The largest absolute Gasteiger partial charge is 0.320 e. The summed E-state index contributed by atoms with van der Waals surface area (Å²) in [6.45, 7) is 2.54. The van der Waals surface area contributed by atoms with Crippen LogP contribution in [0.3, 0.4) is 0 Å². The molecule has 0 radical (unpaired) electrons. The van der Waals surface area contributed by atoms with Gasteiger partial charge in [-0.3, -0.25) is 4.90 Å².